The summed E-state index contributed by atoms with van der Waals surface area (Å²) in [5.41, 5.74) is 4.40. The van der Waals surface area contributed by atoms with Gasteiger partial charge in [-0.15, -0.1) is 15.6 Å². The predicted octanol–water partition coefficient (Wildman–Crippen LogP) is -0.206. The van der Waals surface area contributed by atoms with Crippen LogP contribution in [0.2, 0.25) is 0 Å². The molecule has 1 aromatic carbocycles. The number of hydrogen-bond donors (Lipinski definition) is 7. The number of amidine groups is 1. The second kappa shape index (κ2) is 14.0. The van der Waals surface area contributed by atoms with Crippen LogP contribution < -0.4 is 26.4 Å². The molecule has 3 atom stereocenters. The molecule has 1 aromatic heterocycles. The molecule has 2 saturated heterocycles. The number of benzene rings is 1. The van der Waals surface area contributed by atoms with Gasteiger partial charge in [-0.1, -0.05) is 5.16 Å². The maximum Gasteiger partial charge on any atom is 0.418 e. The zero-order valence-corrected chi connectivity index (χ0v) is 26.6. The zero-order valence-electron chi connectivity index (χ0n) is 25.0. The molecule has 0 saturated carbocycles. The molecule has 0 bridgehead atoms. The van der Waals surface area contributed by atoms with Gasteiger partial charge >= 0.3 is 16.4 Å². The number of aryl methyl sites for hydroxylation is 1. The second-order valence-corrected chi connectivity index (χ2v) is 13.2. The van der Waals surface area contributed by atoms with Crippen LogP contribution in [0.25, 0.3) is 0 Å². The molecule has 2 aliphatic heterocycles. The third kappa shape index (κ3) is 8.26. The van der Waals surface area contributed by atoms with Crippen molar-refractivity contribution < 1.29 is 46.3 Å². The quantitative estimate of drug-likeness (QED) is 0.0474. The van der Waals surface area contributed by atoms with Crippen LogP contribution in [0, 0.1) is 12.3 Å². The largest absolute Gasteiger partial charge is 0.489 e. The molecule has 2 aliphatic rings. The molecule has 0 radical (unpaired) electrons. The predicted molar refractivity (Wildman–Crippen MR) is 164 cm³/mol. The first kappa shape index (κ1) is 34.5. The van der Waals surface area contributed by atoms with E-state index in [1.807, 2.05) is 0 Å². The van der Waals surface area contributed by atoms with Gasteiger partial charge in [-0.3, -0.25) is 19.6 Å². The fourth-order valence-electron chi connectivity index (χ4n) is 4.66. The Bertz CT molecular complexity index is 1620. The topological polar surface area (TPSA) is 268 Å². The van der Waals surface area contributed by atoms with Crippen LogP contribution in [0.5, 0.6) is 5.75 Å². The van der Waals surface area contributed by atoms with Crippen molar-refractivity contribution in [2.45, 2.75) is 57.3 Å². The molecule has 20 heteroatoms. The number of oxime groups is 1. The van der Waals surface area contributed by atoms with Gasteiger partial charge in [-0.25, -0.2) is 9.78 Å². The van der Waals surface area contributed by atoms with Gasteiger partial charge in [0.05, 0.1) is 5.54 Å². The fourth-order valence-corrected chi connectivity index (χ4v) is 5.81. The van der Waals surface area contributed by atoms with E-state index in [-0.39, 0.29) is 28.5 Å². The Kier molecular flexibility index (Phi) is 10.5. The zero-order chi connectivity index (χ0) is 33.8. The van der Waals surface area contributed by atoms with Crippen LogP contribution in [0.4, 0.5) is 5.13 Å². The summed E-state index contributed by atoms with van der Waals surface area (Å²) in [6.07, 6.45) is 0.276. The van der Waals surface area contributed by atoms with E-state index in [1.165, 1.54) is 13.8 Å². The van der Waals surface area contributed by atoms with Gasteiger partial charge in [0.15, 0.2) is 10.8 Å². The van der Waals surface area contributed by atoms with Crippen LogP contribution in [0.3, 0.4) is 0 Å². The standard InChI is InChI=1S/C26H34N8O10S2/c1-13-18(31-25(28)45-13)19(22(35)32-20-23(36)34(26(20,2)3)44-46(39,40)41)33-43-17(24(37)38)12-42-16-8-6-14(7-9-16)21(27)30-15-5-4-10-29-11-15/h6-9,15,17,20,29H,4-5,10-12H2,1-3H3,(H2,27,30)(H2,28,31)(H,32,35)(H,37,38)(H,39,40,41). The van der Waals surface area contributed by atoms with Crippen molar-refractivity contribution in [3.8, 4) is 5.75 Å². The summed E-state index contributed by atoms with van der Waals surface area (Å²) in [4.78, 5) is 47.5. The number of anilines is 1. The van der Waals surface area contributed by atoms with E-state index < -0.39 is 58.2 Å². The van der Waals surface area contributed by atoms with Gasteiger partial charge < -0.3 is 36.4 Å². The van der Waals surface area contributed by atoms with Crippen molar-refractivity contribution in [3.63, 3.8) is 0 Å². The number of nitrogens with two attached hydrogens (primary N) is 1. The molecule has 250 valence electrons. The number of carbonyl (C=O) groups is 3. The van der Waals surface area contributed by atoms with Crippen molar-refractivity contribution in [2.24, 2.45) is 5.16 Å². The highest BCUT2D eigenvalue weighted by molar-refractivity contribution is 7.80. The lowest BCUT2D eigenvalue weighted by Gasteiger charge is -2.50. The number of thiazole rings is 1. The smallest absolute Gasteiger partial charge is 0.418 e. The van der Waals surface area contributed by atoms with Gasteiger partial charge in [0, 0.05) is 23.0 Å². The molecular formula is C26H34N8O10S2. The third-order valence-corrected chi connectivity index (χ3v) is 8.25. The Morgan fingerprint density at radius 2 is 2.00 bits per heavy atom. The van der Waals surface area contributed by atoms with Crippen molar-refractivity contribution in [3.05, 3.63) is 40.4 Å². The van der Waals surface area contributed by atoms with Crippen molar-refractivity contribution in [2.75, 3.05) is 25.4 Å². The molecule has 8 N–H and O–H groups in total. The highest BCUT2D eigenvalue weighted by atomic mass is 32.3. The van der Waals surface area contributed by atoms with E-state index in [2.05, 4.69) is 30.4 Å². The summed E-state index contributed by atoms with van der Waals surface area (Å²) in [6, 6.07) is 5.26. The maximum atomic E-state index is 13.3. The van der Waals surface area contributed by atoms with Crippen LogP contribution in [0.15, 0.2) is 29.4 Å². The van der Waals surface area contributed by atoms with Crippen molar-refractivity contribution in [1.29, 1.82) is 5.41 Å². The Labute approximate surface area is 267 Å². The second-order valence-electron chi connectivity index (χ2n) is 10.9. The monoisotopic (exact) mass is 682 g/mol. The SMILES string of the molecule is Cc1sc(N)nc1C(=NOC(COc1ccc(C(=N)NC2CCCNC2)cc1)C(=O)O)C(=O)NC1C(=O)N(OS(=O)(=O)O)C1(C)C. The molecule has 0 spiro atoms. The van der Waals surface area contributed by atoms with Gasteiger partial charge in [-0.05, 0) is 64.4 Å². The number of amides is 2. The van der Waals surface area contributed by atoms with Gasteiger partial charge in [0.1, 0.15) is 29.9 Å². The first-order valence-corrected chi connectivity index (χ1v) is 16.1. The summed E-state index contributed by atoms with van der Waals surface area (Å²) < 4.78 is 41.0. The number of carboxylic acid groups (broad SMARTS) is 1. The Balaban J connectivity index is 1.44. The number of carbonyl (C=O) groups excluding carboxylic acids is 2. The molecule has 3 heterocycles. The summed E-state index contributed by atoms with van der Waals surface area (Å²) in [5, 5.41) is 31.1. The highest BCUT2D eigenvalue weighted by Crippen LogP contribution is 2.33. The van der Waals surface area contributed by atoms with E-state index in [1.54, 1.807) is 31.2 Å². The van der Waals surface area contributed by atoms with Crippen LogP contribution in [-0.2, 0) is 33.9 Å². The average Bonchev–Trinajstić information content (AvgIpc) is 3.33. The first-order valence-electron chi connectivity index (χ1n) is 13.9. The van der Waals surface area contributed by atoms with Crippen LogP contribution >= 0.6 is 11.3 Å². The minimum atomic E-state index is -5.02. The van der Waals surface area contributed by atoms with Gasteiger partial charge in [-0.2, -0.15) is 13.5 Å². The highest BCUT2D eigenvalue weighted by Gasteiger charge is 2.58. The molecular weight excluding hydrogens is 648 g/mol. The number of rotatable bonds is 13. The van der Waals surface area contributed by atoms with E-state index in [4.69, 9.17) is 25.3 Å². The fraction of sp³-hybridized carbons (Fsp3) is 0.462. The number of carboxylic acids is 1. The molecule has 3 unspecified atom stereocenters. The number of nitrogen functional groups attached to an aromatic ring is 1. The average molecular weight is 683 g/mol. The van der Waals surface area contributed by atoms with Crippen molar-refractivity contribution in [1.82, 2.24) is 26.0 Å². The lowest BCUT2D eigenvalue weighted by Crippen LogP contribution is -2.76. The number of nitrogens with zero attached hydrogens (tertiary/aromatic N) is 3. The molecule has 4 rings (SSSR count). The number of nitrogens with one attached hydrogen (secondary N) is 4. The normalized spacial score (nSPS) is 20.3. The number of hydrogen-bond acceptors (Lipinski definition) is 14. The Morgan fingerprint density at radius 3 is 2.54 bits per heavy atom. The van der Waals surface area contributed by atoms with E-state index in [0.717, 1.165) is 37.3 Å². The number of β-lactam (4-membered cyclic amide) rings is 1. The van der Waals surface area contributed by atoms with E-state index >= 15 is 0 Å². The van der Waals surface area contributed by atoms with Gasteiger partial charge in [0.2, 0.25) is 0 Å². The Morgan fingerprint density at radius 1 is 1.30 bits per heavy atom. The lowest BCUT2D eigenvalue weighted by molar-refractivity contribution is -0.218. The minimum absolute atomic E-state index is 0.0451. The molecule has 2 amide bonds. The first-order chi connectivity index (χ1) is 21.6. The van der Waals surface area contributed by atoms with Gasteiger partial charge in [0.25, 0.3) is 17.9 Å². The summed E-state index contributed by atoms with van der Waals surface area (Å²) >= 11 is 1.02. The lowest BCUT2D eigenvalue weighted by atomic mass is 9.84. The molecule has 18 nitrogen and oxygen atoms in total. The van der Waals surface area contributed by atoms with Crippen LogP contribution in [-0.4, -0.2) is 101 Å². The van der Waals surface area contributed by atoms with Crippen LogP contribution in [0.1, 0.15) is 42.8 Å². The maximum absolute atomic E-state index is 13.3. The Hall–Kier alpha value is -4.37. The number of aromatic nitrogens is 1. The molecule has 46 heavy (non-hydrogen) atoms. The molecule has 2 aromatic rings. The minimum Gasteiger partial charge on any atom is -0.489 e. The summed E-state index contributed by atoms with van der Waals surface area (Å²) in [5.74, 6) is -2.94. The van der Waals surface area contributed by atoms with E-state index in [9.17, 15) is 27.9 Å². The van der Waals surface area contributed by atoms with E-state index in [0.29, 0.717) is 15.5 Å². The summed E-state index contributed by atoms with van der Waals surface area (Å²) in [6.45, 7) is 5.50. The summed E-state index contributed by atoms with van der Waals surface area (Å²) in [7, 11) is -5.02. The number of ether oxygens (including phenoxy) is 1. The number of aliphatic carboxylic acids is 1. The van der Waals surface area contributed by atoms with Crippen molar-refractivity contribution >= 4 is 56.2 Å². The third-order valence-electron chi connectivity index (χ3n) is 7.11. The molecule has 2 fully saturated rings. The number of hydroxylamine groups is 2. The number of piperidine rings is 1. The molecule has 0 aliphatic carbocycles.